The fraction of sp³-hybridized carbons (Fsp3) is 0.500. The Kier molecular flexibility index (Phi) is 3.17. The van der Waals surface area contributed by atoms with Gasteiger partial charge in [0.1, 0.15) is 11.6 Å². The molecule has 0 fully saturated rings. The summed E-state index contributed by atoms with van der Waals surface area (Å²) in [5.74, 6) is 1.27. The van der Waals surface area contributed by atoms with Gasteiger partial charge in [0, 0.05) is 12.2 Å². The zero-order valence-electron chi connectivity index (χ0n) is 8.96. The minimum absolute atomic E-state index is 0.0202. The van der Waals surface area contributed by atoms with E-state index in [9.17, 15) is 4.79 Å². The maximum Gasteiger partial charge on any atom is 0.165 e. The zero-order valence-corrected chi connectivity index (χ0v) is 8.96. The fourth-order valence-electron chi connectivity index (χ4n) is 1.11. The maximum absolute atomic E-state index is 11.2. The van der Waals surface area contributed by atoms with Crippen molar-refractivity contribution in [1.82, 2.24) is 9.97 Å². The first-order chi connectivity index (χ1) is 6.50. The van der Waals surface area contributed by atoms with Crippen molar-refractivity contribution in [1.29, 1.82) is 0 Å². The van der Waals surface area contributed by atoms with E-state index in [-0.39, 0.29) is 11.8 Å². The SMILES string of the molecule is CC(=O)c1cnc(C)nc1NC(C)C. The summed E-state index contributed by atoms with van der Waals surface area (Å²) in [6.07, 6.45) is 1.56. The van der Waals surface area contributed by atoms with Gasteiger partial charge in [-0.3, -0.25) is 4.79 Å². The van der Waals surface area contributed by atoms with Gasteiger partial charge in [-0.05, 0) is 27.7 Å². The number of nitrogens with one attached hydrogen (secondary N) is 1. The lowest BCUT2D eigenvalue weighted by Gasteiger charge is -2.11. The summed E-state index contributed by atoms with van der Waals surface area (Å²) in [7, 11) is 0. The summed E-state index contributed by atoms with van der Waals surface area (Å²) in [6.45, 7) is 7.32. The molecule has 1 heterocycles. The van der Waals surface area contributed by atoms with Crippen LogP contribution in [-0.2, 0) is 0 Å². The number of aromatic nitrogens is 2. The third-order valence-electron chi connectivity index (χ3n) is 1.71. The van der Waals surface area contributed by atoms with Crippen molar-refractivity contribution in [2.75, 3.05) is 5.32 Å². The Morgan fingerprint density at radius 1 is 1.50 bits per heavy atom. The molecule has 1 aromatic rings. The molecule has 0 saturated carbocycles. The van der Waals surface area contributed by atoms with E-state index in [0.29, 0.717) is 17.2 Å². The molecule has 1 N–H and O–H groups in total. The Morgan fingerprint density at radius 3 is 2.64 bits per heavy atom. The number of hydrogen-bond donors (Lipinski definition) is 1. The smallest absolute Gasteiger partial charge is 0.165 e. The minimum Gasteiger partial charge on any atom is -0.367 e. The van der Waals surface area contributed by atoms with E-state index in [2.05, 4.69) is 15.3 Å². The molecule has 0 amide bonds. The van der Waals surface area contributed by atoms with Crippen molar-refractivity contribution in [2.24, 2.45) is 0 Å². The van der Waals surface area contributed by atoms with Gasteiger partial charge in [-0.2, -0.15) is 0 Å². The number of anilines is 1. The number of hydrogen-bond acceptors (Lipinski definition) is 4. The Bertz CT molecular complexity index is 347. The quantitative estimate of drug-likeness (QED) is 0.744. The highest BCUT2D eigenvalue weighted by Crippen LogP contribution is 2.13. The molecule has 0 unspecified atom stereocenters. The van der Waals surface area contributed by atoms with E-state index in [0.717, 1.165) is 0 Å². The molecule has 76 valence electrons. The lowest BCUT2D eigenvalue weighted by molar-refractivity contribution is 0.101. The topological polar surface area (TPSA) is 54.9 Å². The molecule has 0 aliphatic heterocycles. The average molecular weight is 193 g/mol. The summed E-state index contributed by atoms with van der Waals surface area (Å²) in [5.41, 5.74) is 0.546. The first kappa shape index (κ1) is 10.6. The minimum atomic E-state index is -0.0202. The van der Waals surface area contributed by atoms with E-state index in [4.69, 9.17) is 0 Å². The Morgan fingerprint density at radius 2 is 2.14 bits per heavy atom. The van der Waals surface area contributed by atoms with Crippen molar-refractivity contribution >= 4 is 11.6 Å². The highest BCUT2D eigenvalue weighted by molar-refractivity contribution is 5.98. The van der Waals surface area contributed by atoms with Crippen LogP contribution in [0.25, 0.3) is 0 Å². The lowest BCUT2D eigenvalue weighted by atomic mass is 10.2. The van der Waals surface area contributed by atoms with Crippen LogP contribution in [0.1, 0.15) is 37.0 Å². The second-order valence-corrected chi connectivity index (χ2v) is 3.53. The normalized spacial score (nSPS) is 10.4. The van der Waals surface area contributed by atoms with Gasteiger partial charge in [0.25, 0.3) is 0 Å². The van der Waals surface area contributed by atoms with Crippen LogP contribution < -0.4 is 5.32 Å². The highest BCUT2D eigenvalue weighted by atomic mass is 16.1. The molecule has 14 heavy (non-hydrogen) atoms. The van der Waals surface area contributed by atoms with Crippen molar-refractivity contribution in [2.45, 2.75) is 33.7 Å². The van der Waals surface area contributed by atoms with E-state index in [1.807, 2.05) is 13.8 Å². The molecule has 4 heteroatoms. The van der Waals surface area contributed by atoms with Gasteiger partial charge in [-0.1, -0.05) is 0 Å². The zero-order chi connectivity index (χ0) is 10.7. The van der Waals surface area contributed by atoms with Gasteiger partial charge in [-0.15, -0.1) is 0 Å². The lowest BCUT2D eigenvalue weighted by Crippen LogP contribution is -2.15. The predicted molar refractivity (Wildman–Crippen MR) is 55.5 cm³/mol. The van der Waals surface area contributed by atoms with Gasteiger partial charge >= 0.3 is 0 Å². The number of ketones is 1. The first-order valence-electron chi connectivity index (χ1n) is 4.62. The van der Waals surface area contributed by atoms with Crippen molar-refractivity contribution in [3.05, 3.63) is 17.6 Å². The van der Waals surface area contributed by atoms with E-state index >= 15 is 0 Å². The predicted octanol–water partition coefficient (Wildman–Crippen LogP) is 1.81. The summed E-state index contributed by atoms with van der Waals surface area (Å²) in [6, 6.07) is 0.252. The van der Waals surface area contributed by atoms with E-state index in [1.54, 1.807) is 13.1 Å². The number of carbonyl (C=O) groups excluding carboxylic acids is 1. The Hall–Kier alpha value is -1.45. The third-order valence-corrected chi connectivity index (χ3v) is 1.71. The molecule has 0 atom stereocenters. The fourth-order valence-corrected chi connectivity index (χ4v) is 1.11. The molecule has 0 aliphatic carbocycles. The molecule has 1 rings (SSSR count). The van der Waals surface area contributed by atoms with Crippen molar-refractivity contribution < 1.29 is 4.79 Å². The Balaban J connectivity index is 3.09. The summed E-state index contributed by atoms with van der Waals surface area (Å²) in [4.78, 5) is 19.4. The van der Waals surface area contributed by atoms with Crippen LogP contribution in [0.4, 0.5) is 5.82 Å². The number of rotatable bonds is 3. The van der Waals surface area contributed by atoms with Gasteiger partial charge in [0.15, 0.2) is 5.78 Å². The van der Waals surface area contributed by atoms with Gasteiger partial charge < -0.3 is 5.32 Å². The molecule has 0 bridgehead atoms. The number of Topliss-reactive ketones (excluding diaryl/α,β-unsaturated/α-hetero) is 1. The summed E-state index contributed by atoms with van der Waals surface area (Å²) >= 11 is 0. The largest absolute Gasteiger partial charge is 0.367 e. The monoisotopic (exact) mass is 193 g/mol. The van der Waals surface area contributed by atoms with Crippen molar-refractivity contribution in [3.8, 4) is 0 Å². The molecule has 0 spiro atoms. The van der Waals surface area contributed by atoms with Crippen LogP contribution in [0, 0.1) is 6.92 Å². The van der Waals surface area contributed by atoms with Crippen LogP contribution >= 0.6 is 0 Å². The first-order valence-corrected chi connectivity index (χ1v) is 4.62. The van der Waals surface area contributed by atoms with Gasteiger partial charge in [0.2, 0.25) is 0 Å². The molecular formula is C10H15N3O. The molecule has 4 nitrogen and oxygen atoms in total. The number of carbonyl (C=O) groups is 1. The van der Waals surface area contributed by atoms with Gasteiger partial charge in [0.05, 0.1) is 5.56 Å². The van der Waals surface area contributed by atoms with Crippen LogP contribution in [0.3, 0.4) is 0 Å². The molecule has 0 aliphatic rings. The van der Waals surface area contributed by atoms with Crippen LogP contribution in [0.5, 0.6) is 0 Å². The Labute approximate surface area is 83.8 Å². The number of aryl methyl sites for hydroxylation is 1. The van der Waals surface area contributed by atoms with Crippen molar-refractivity contribution in [3.63, 3.8) is 0 Å². The van der Waals surface area contributed by atoms with Crippen LogP contribution in [-0.4, -0.2) is 21.8 Å². The van der Waals surface area contributed by atoms with Crippen LogP contribution in [0.15, 0.2) is 6.20 Å². The van der Waals surface area contributed by atoms with E-state index < -0.39 is 0 Å². The maximum atomic E-state index is 11.2. The van der Waals surface area contributed by atoms with E-state index in [1.165, 1.54) is 6.92 Å². The van der Waals surface area contributed by atoms with Crippen LogP contribution in [0.2, 0.25) is 0 Å². The third kappa shape index (κ3) is 2.52. The number of nitrogens with zero attached hydrogens (tertiary/aromatic N) is 2. The highest BCUT2D eigenvalue weighted by Gasteiger charge is 2.10. The second-order valence-electron chi connectivity index (χ2n) is 3.53. The summed E-state index contributed by atoms with van der Waals surface area (Å²) in [5, 5.41) is 3.12. The van der Waals surface area contributed by atoms with Gasteiger partial charge in [-0.25, -0.2) is 9.97 Å². The molecule has 1 aromatic heterocycles. The second kappa shape index (κ2) is 4.17. The standard InChI is InChI=1S/C10H15N3O/c1-6(2)12-10-9(7(3)14)5-11-8(4)13-10/h5-6H,1-4H3,(H,11,12,13). The average Bonchev–Trinajstić information content (AvgIpc) is 2.01. The molecule has 0 aromatic carbocycles. The molecular weight excluding hydrogens is 178 g/mol. The molecule has 0 radical (unpaired) electrons. The summed E-state index contributed by atoms with van der Waals surface area (Å²) < 4.78 is 0. The molecule has 0 saturated heterocycles.